The van der Waals surface area contributed by atoms with Gasteiger partial charge < -0.3 is 10.1 Å². The second-order valence-corrected chi connectivity index (χ2v) is 8.78. The highest BCUT2D eigenvalue weighted by molar-refractivity contribution is 6.03. The molecule has 2 aromatic carbocycles. The first kappa shape index (κ1) is 24.1. The van der Waals surface area contributed by atoms with Crippen LogP contribution in [0.4, 0.5) is 10.5 Å². The molecule has 4 rings (SSSR count). The Morgan fingerprint density at radius 3 is 2.63 bits per heavy atom. The quantitative estimate of drug-likeness (QED) is 0.555. The molecule has 0 fully saturated rings. The monoisotopic (exact) mass is 476 g/mol. The summed E-state index contributed by atoms with van der Waals surface area (Å²) in [4.78, 5) is 54.2. The minimum atomic E-state index is -0.765. The second kappa shape index (κ2) is 10.5. The molecular formula is C26H28N4O5. The van der Waals surface area contributed by atoms with E-state index in [1.807, 2.05) is 26.0 Å². The Bertz CT molecular complexity index is 1360. The molecule has 0 aliphatic carbocycles. The first-order valence-corrected chi connectivity index (χ1v) is 11.7. The summed E-state index contributed by atoms with van der Waals surface area (Å²) in [5, 5.41) is 5.17. The zero-order valence-corrected chi connectivity index (χ0v) is 19.8. The van der Waals surface area contributed by atoms with Crippen molar-refractivity contribution in [2.45, 2.75) is 52.5 Å². The van der Waals surface area contributed by atoms with Crippen molar-refractivity contribution >= 4 is 34.5 Å². The second-order valence-electron chi connectivity index (χ2n) is 8.78. The fourth-order valence-electron chi connectivity index (χ4n) is 4.21. The third kappa shape index (κ3) is 5.74. The molecule has 3 amide bonds. The number of hydrogen-bond acceptors (Lipinski definition) is 6. The van der Waals surface area contributed by atoms with E-state index < -0.39 is 24.5 Å². The van der Waals surface area contributed by atoms with E-state index in [1.54, 1.807) is 16.7 Å². The largest absolute Gasteiger partial charge is 0.452 e. The topological polar surface area (TPSA) is 119 Å². The molecule has 35 heavy (non-hydrogen) atoms. The first-order valence-electron chi connectivity index (χ1n) is 11.7. The molecule has 3 aromatic rings. The van der Waals surface area contributed by atoms with Gasteiger partial charge in [0.05, 0.1) is 16.5 Å². The molecule has 9 nitrogen and oxygen atoms in total. The van der Waals surface area contributed by atoms with Crippen LogP contribution in [0.3, 0.4) is 0 Å². The first-order chi connectivity index (χ1) is 16.8. The Morgan fingerprint density at radius 2 is 1.83 bits per heavy atom. The van der Waals surface area contributed by atoms with Gasteiger partial charge in [-0.15, -0.1) is 0 Å². The Hall–Kier alpha value is -4.01. The maximum Gasteiger partial charge on any atom is 0.338 e. The molecule has 0 atom stereocenters. The van der Waals surface area contributed by atoms with Crippen molar-refractivity contribution in [1.82, 2.24) is 14.9 Å². The van der Waals surface area contributed by atoms with E-state index in [4.69, 9.17) is 4.74 Å². The van der Waals surface area contributed by atoms with Crippen LogP contribution in [0.1, 0.15) is 53.0 Å². The Labute approximate surface area is 202 Å². The Morgan fingerprint density at radius 1 is 1.03 bits per heavy atom. The number of anilines is 1. The number of amides is 3. The molecule has 1 aliphatic rings. The van der Waals surface area contributed by atoms with Gasteiger partial charge in [0.15, 0.2) is 6.61 Å². The number of aromatic nitrogens is 2. The molecule has 0 saturated heterocycles. The number of nitrogens with one attached hydrogen (secondary N) is 2. The SMILES string of the molecule is Cc1ccc(NC(=O)NC(=O)COC(=O)c2ccc3c(=O)n4c(nc3c2)CCCCCC4)c(C)c1. The molecule has 0 saturated carbocycles. The molecule has 1 aromatic heterocycles. The van der Waals surface area contributed by atoms with E-state index in [2.05, 4.69) is 15.6 Å². The van der Waals surface area contributed by atoms with Gasteiger partial charge in [0.25, 0.3) is 11.5 Å². The van der Waals surface area contributed by atoms with Crippen LogP contribution in [-0.4, -0.2) is 34.1 Å². The third-order valence-electron chi connectivity index (χ3n) is 6.02. The number of benzene rings is 2. The Kier molecular flexibility index (Phi) is 7.24. The fraction of sp³-hybridized carbons (Fsp3) is 0.346. The summed E-state index contributed by atoms with van der Waals surface area (Å²) < 4.78 is 6.80. The zero-order valence-electron chi connectivity index (χ0n) is 19.8. The molecular weight excluding hydrogens is 448 g/mol. The van der Waals surface area contributed by atoms with E-state index in [1.165, 1.54) is 12.1 Å². The van der Waals surface area contributed by atoms with Crippen molar-refractivity contribution < 1.29 is 19.1 Å². The van der Waals surface area contributed by atoms with Gasteiger partial charge in [-0.25, -0.2) is 14.6 Å². The van der Waals surface area contributed by atoms with Crippen molar-refractivity contribution in [2.24, 2.45) is 0 Å². The van der Waals surface area contributed by atoms with Gasteiger partial charge in [0, 0.05) is 18.7 Å². The van der Waals surface area contributed by atoms with E-state index in [0.717, 1.165) is 42.6 Å². The molecule has 1 aliphatic heterocycles. The highest BCUT2D eigenvalue weighted by Gasteiger charge is 2.17. The number of nitrogens with zero attached hydrogens (tertiary/aromatic N) is 2. The van der Waals surface area contributed by atoms with E-state index >= 15 is 0 Å². The maximum absolute atomic E-state index is 12.9. The predicted molar refractivity (Wildman–Crippen MR) is 132 cm³/mol. The molecule has 0 unspecified atom stereocenters. The van der Waals surface area contributed by atoms with E-state index in [-0.39, 0.29) is 11.1 Å². The molecule has 0 radical (unpaired) electrons. The number of carbonyl (C=O) groups is 3. The third-order valence-corrected chi connectivity index (χ3v) is 6.02. The highest BCUT2D eigenvalue weighted by Crippen LogP contribution is 2.17. The van der Waals surface area contributed by atoms with Gasteiger partial charge in [-0.1, -0.05) is 30.5 Å². The molecule has 2 heterocycles. The van der Waals surface area contributed by atoms with Crippen molar-refractivity contribution in [1.29, 1.82) is 0 Å². The standard InChI is InChI=1S/C26H28N4O5/c1-16-8-11-20(17(2)13-16)28-26(34)29-23(31)15-35-25(33)18-9-10-19-21(14-18)27-22-7-5-3-4-6-12-30(22)24(19)32/h8-11,13-14H,3-7,12,15H2,1-2H3,(H2,28,29,31,34). The van der Waals surface area contributed by atoms with Crippen LogP contribution in [-0.2, 0) is 22.5 Å². The van der Waals surface area contributed by atoms with Crippen molar-refractivity contribution in [2.75, 3.05) is 11.9 Å². The van der Waals surface area contributed by atoms with Crippen molar-refractivity contribution in [3.8, 4) is 0 Å². The number of esters is 1. The number of fused-ring (bicyclic) bond motifs is 2. The summed E-state index contributed by atoms with van der Waals surface area (Å²) >= 11 is 0. The zero-order chi connectivity index (χ0) is 24.9. The summed E-state index contributed by atoms with van der Waals surface area (Å²) in [6.07, 6.45) is 4.81. The predicted octanol–water partition coefficient (Wildman–Crippen LogP) is 3.63. The van der Waals surface area contributed by atoms with Gasteiger partial charge in [-0.05, 0) is 56.5 Å². The molecule has 2 N–H and O–H groups in total. The van der Waals surface area contributed by atoms with Crippen molar-refractivity contribution in [3.05, 3.63) is 69.3 Å². The van der Waals surface area contributed by atoms with Crippen LogP contribution in [0.25, 0.3) is 10.9 Å². The van der Waals surface area contributed by atoms with Gasteiger partial charge in [-0.3, -0.25) is 19.5 Å². The summed E-state index contributed by atoms with van der Waals surface area (Å²) in [5.74, 6) is -0.786. The minimum absolute atomic E-state index is 0.110. The number of rotatable bonds is 4. The van der Waals surface area contributed by atoms with Crippen LogP contribution < -0.4 is 16.2 Å². The fourth-order valence-corrected chi connectivity index (χ4v) is 4.21. The summed E-state index contributed by atoms with van der Waals surface area (Å²) in [5.41, 5.74) is 2.97. The normalized spacial score (nSPS) is 13.3. The van der Waals surface area contributed by atoms with E-state index in [0.29, 0.717) is 29.6 Å². The van der Waals surface area contributed by atoms with Gasteiger partial charge in [-0.2, -0.15) is 0 Å². The summed E-state index contributed by atoms with van der Waals surface area (Å²) in [6, 6.07) is 9.32. The Balaban J connectivity index is 1.39. The van der Waals surface area contributed by atoms with E-state index in [9.17, 15) is 19.2 Å². The molecule has 0 bridgehead atoms. The van der Waals surface area contributed by atoms with Crippen LogP contribution in [0.2, 0.25) is 0 Å². The lowest BCUT2D eigenvalue weighted by Gasteiger charge is -2.16. The number of hydrogen-bond donors (Lipinski definition) is 2. The van der Waals surface area contributed by atoms with Gasteiger partial charge in [0.1, 0.15) is 5.82 Å². The average Bonchev–Trinajstić information content (AvgIpc) is 2.80. The smallest absolute Gasteiger partial charge is 0.338 e. The molecule has 0 spiro atoms. The average molecular weight is 477 g/mol. The number of imide groups is 1. The number of urea groups is 1. The molecule has 182 valence electrons. The van der Waals surface area contributed by atoms with Crippen molar-refractivity contribution in [3.63, 3.8) is 0 Å². The number of carbonyl (C=O) groups excluding carboxylic acids is 3. The van der Waals surface area contributed by atoms with Gasteiger partial charge in [0.2, 0.25) is 0 Å². The lowest BCUT2D eigenvalue weighted by molar-refractivity contribution is -0.123. The van der Waals surface area contributed by atoms with Crippen LogP contribution in [0.5, 0.6) is 0 Å². The van der Waals surface area contributed by atoms with Gasteiger partial charge >= 0.3 is 12.0 Å². The molecule has 9 heteroatoms. The summed E-state index contributed by atoms with van der Waals surface area (Å²) in [6.45, 7) is 3.80. The van der Waals surface area contributed by atoms with Crippen LogP contribution >= 0.6 is 0 Å². The number of ether oxygens (including phenoxy) is 1. The maximum atomic E-state index is 12.9. The minimum Gasteiger partial charge on any atom is -0.452 e. The summed E-state index contributed by atoms with van der Waals surface area (Å²) in [7, 11) is 0. The lowest BCUT2D eigenvalue weighted by Crippen LogP contribution is -2.37. The van der Waals surface area contributed by atoms with Crippen LogP contribution in [0.15, 0.2) is 41.2 Å². The number of aryl methyl sites for hydroxylation is 3. The lowest BCUT2D eigenvalue weighted by atomic mass is 10.1. The highest BCUT2D eigenvalue weighted by atomic mass is 16.5. The van der Waals surface area contributed by atoms with Crippen LogP contribution in [0, 0.1) is 13.8 Å².